The number of carbonyl (C=O) groups is 3. The van der Waals surface area contributed by atoms with Crippen LogP contribution in [0.2, 0.25) is 0 Å². The van der Waals surface area contributed by atoms with Gasteiger partial charge in [-0.25, -0.2) is 4.79 Å². The average molecular weight is 442 g/mol. The fraction of sp³-hybridized carbons (Fsp3) is 0.640. The number of nitrogens with one attached hydrogen (secondary N) is 3. The fourth-order valence-corrected chi connectivity index (χ4v) is 6.32. The van der Waals surface area contributed by atoms with Gasteiger partial charge in [0.25, 0.3) is 5.91 Å². The number of ether oxygens (including phenoxy) is 1. The van der Waals surface area contributed by atoms with Gasteiger partial charge in [0.1, 0.15) is 0 Å². The quantitative estimate of drug-likeness (QED) is 0.560. The SMILES string of the molecule is Cc1ccc(NC(=O)C(C)OC(=O)CCNC(=O)NC23CC4CC(CC(C4)C2)C3)c(C)c1. The molecule has 32 heavy (non-hydrogen) atoms. The van der Waals surface area contributed by atoms with Crippen LogP contribution in [0.15, 0.2) is 18.2 Å². The van der Waals surface area contributed by atoms with E-state index in [4.69, 9.17) is 4.74 Å². The first-order chi connectivity index (χ1) is 15.2. The molecule has 0 saturated heterocycles. The van der Waals surface area contributed by atoms with Gasteiger partial charge < -0.3 is 20.7 Å². The van der Waals surface area contributed by atoms with E-state index in [2.05, 4.69) is 16.0 Å². The number of carbonyl (C=O) groups excluding carboxylic acids is 3. The standard InChI is InChI=1S/C25H35N3O4/c1-15-4-5-21(16(2)8-15)27-23(30)17(3)32-22(29)6-7-26-24(31)28-25-12-18-9-19(13-25)11-20(10-18)14-25/h4-5,8,17-20H,6-7,9-14H2,1-3H3,(H,27,30)(H2,26,28,31). The summed E-state index contributed by atoms with van der Waals surface area (Å²) in [6.45, 7) is 5.63. The predicted molar refractivity (Wildman–Crippen MR) is 122 cm³/mol. The zero-order valence-electron chi connectivity index (χ0n) is 19.3. The molecule has 1 aromatic rings. The highest BCUT2D eigenvalue weighted by molar-refractivity contribution is 5.95. The summed E-state index contributed by atoms with van der Waals surface area (Å²) >= 11 is 0. The molecule has 0 heterocycles. The van der Waals surface area contributed by atoms with Crippen molar-refractivity contribution in [1.29, 1.82) is 0 Å². The number of aryl methyl sites for hydroxylation is 2. The highest BCUT2D eigenvalue weighted by atomic mass is 16.5. The van der Waals surface area contributed by atoms with E-state index in [-0.39, 0.29) is 30.4 Å². The van der Waals surface area contributed by atoms with Crippen LogP contribution in [0.25, 0.3) is 0 Å². The normalized spacial score (nSPS) is 28.7. The van der Waals surface area contributed by atoms with Crippen LogP contribution in [0, 0.1) is 31.6 Å². The van der Waals surface area contributed by atoms with E-state index in [1.54, 1.807) is 6.92 Å². The summed E-state index contributed by atoms with van der Waals surface area (Å²) in [4.78, 5) is 37.0. The van der Waals surface area contributed by atoms with Gasteiger partial charge in [-0.1, -0.05) is 17.7 Å². The second-order valence-corrected chi connectivity index (χ2v) is 10.3. The monoisotopic (exact) mass is 441 g/mol. The molecule has 4 bridgehead atoms. The number of amides is 3. The van der Waals surface area contributed by atoms with Crippen molar-refractivity contribution in [2.45, 2.75) is 77.4 Å². The molecule has 0 aromatic heterocycles. The molecular formula is C25H35N3O4. The van der Waals surface area contributed by atoms with E-state index in [9.17, 15) is 14.4 Å². The van der Waals surface area contributed by atoms with Crippen molar-refractivity contribution in [2.75, 3.05) is 11.9 Å². The van der Waals surface area contributed by atoms with Crippen LogP contribution >= 0.6 is 0 Å². The van der Waals surface area contributed by atoms with Gasteiger partial charge in [-0.15, -0.1) is 0 Å². The smallest absolute Gasteiger partial charge is 0.315 e. The van der Waals surface area contributed by atoms with Crippen molar-refractivity contribution < 1.29 is 19.1 Å². The summed E-state index contributed by atoms with van der Waals surface area (Å²) in [5.74, 6) is 1.38. The first kappa shape index (κ1) is 22.6. The molecular weight excluding hydrogens is 406 g/mol. The molecule has 4 aliphatic rings. The van der Waals surface area contributed by atoms with Gasteiger partial charge in [-0.05, 0) is 88.7 Å². The van der Waals surface area contributed by atoms with Crippen LogP contribution in [0.1, 0.15) is 63.0 Å². The Labute approximate surface area is 190 Å². The molecule has 4 fully saturated rings. The van der Waals surface area contributed by atoms with Crippen molar-refractivity contribution in [3.63, 3.8) is 0 Å². The minimum atomic E-state index is -0.913. The maximum atomic E-state index is 12.5. The Morgan fingerprint density at radius 2 is 1.69 bits per heavy atom. The Balaban J connectivity index is 1.17. The van der Waals surface area contributed by atoms with Crippen LogP contribution in [0.5, 0.6) is 0 Å². The lowest BCUT2D eigenvalue weighted by Gasteiger charge is -2.56. The van der Waals surface area contributed by atoms with Crippen molar-refractivity contribution in [2.24, 2.45) is 17.8 Å². The summed E-state index contributed by atoms with van der Waals surface area (Å²) in [6, 6.07) is 5.52. The van der Waals surface area contributed by atoms with Gasteiger partial charge in [0.15, 0.2) is 6.10 Å². The maximum Gasteiger partial charge on any atom is 0.315 e. The third-order valence-electron chi connectivity index (χ3n) is 7.35. The first-order valence-corrected chi connectivity index (χ1v) is 11.8. The van der Waals surface area contributed by atoms with E-state index in [0.29, 0.717) is 5.69 Å². The molecule has 7 nitrogen and oxygen atoms in total. The number of urea groups is 1. The van der Waals surface area contributed by atoms with E-state index < -0.39 is 12.1 Å². The molecule has 0 aliphatic heterocycles. The first-order valence-electron chi connectivity index (χ1n) is 11.8. The lowest BCUT2D eigenvalue weighted by atomic mass is 9.53. The van der Waals surface area contributed by atoms with Gasteiger partial charge in [0.05, 0.1) is 6.42 Å². The second-order valence-electron chi connectivity index (χ2n) is 10.3. The molecule has 174 valence electrons. The van der Waals surface area contributed by atoms with E-state index in [1.165, 1.54) is 19.3 Å². The lowest BCUT2D eigenvalue weighted by Crippen LogP contribution is -2.61. The fourth-order valence-electron chi connectivity index (χ4n) is 6.32. The van der Waals surface area contributed by atoms with E-state index in [0.717, 1.165) is 48.1 Å². The van der Waals surface area contributed by atoms with Crippen molar-refractivity contribution >= 4 is 23.6 Å². The second kappa shape index (κ2) is 9.12. The molecule has 0 spiro atoms. The topological polar surface area (TPSA) is 96.5 Å². The Hall–Kier alpha value is -2.57. The number of anilines is 1. The molecule has 5 rings (SSSR count). The summed E-state index contributed by atoms with van der Waals surface area (Å²) in [6.07, 6.45) is 6.33. The molecule has 1 unspecified atom stereocenters. The average Bonchev–Trinajstić information content (AvgIpc) is 2.68. The van der Waals surface area contributed by atoms with E-state index >= 15 is 0 Å². The maximum absolute atomic E-state index is 12.5. The van der Waals surface area contributed by atoms with Crippen molar-refractivity contribution in [3.8, 4) is 0 Å². The van der Waals surface area contributed by atoms with E-state index in [1.807, 2.05) is 32.0 Å². The molecule has 7 heteroatoms. The molecule has 4 saturated carbocycles. The Kier molecular flexibility index (Phi) is 6.45. The zero-order valence-corrected chi connectivity index (χ0v) is 19.3. The van der Waals surface area contributed by atoms with Gasteiger partial charge in [0.2, 0.25) is 0 Å². The van der Waals surface area contributed by atoms with Crippen molar-refractivity contribution in [1.82, 2.24) is 10.6 Å². The van der Waals surface area contributed by atoms with Gasteiger partial charge in [0, 0.05) is 17.8 Å². The summed E-state index contributed by atoms with van der Waals surface area (Å²) < 4.78 is 5.24. The van der Waals surface area contributed by atoms with Crippen LogP contribution in [0.3, 0.4) is 0 Å². The zero-order chi connectivity index (χ0) is 22.9. The molecule has 3 N–H and O–H groups in total. The van der Waals surface area contributed by atoms with Gasteiger partial charge in [-0.2, -0.15) is 0 Å². The van der Waals surface area contributed by atoms with Crippen LogP contribution < -0.4 is 16.0 Å². The Bertz CT molecular complexity index is 862. The lowest BCUT2D eigenvalue weighted by molar-refractivity contribution is -0.153. The number of benzene rings is 1. The number of hydrogen-bond acceptors (Lipinski definition) is 4. The molecule has 0 radical (unpaired) electrons. The molecule has 4 aliphatic carbocycles. The number of rotatable bonds is 7. The Morgan fingerprint density at radius 3 is 2.28 bits per heavy atom. The molecule has 1 aromatic carbocycles. The van der Waals surface area contributed by atoms with Gasteiger partial charge >= 0.3 is 12.0 Å². The van der Waals surface area contributed by atoms with Crippen molar-refractivity contribution in [3.05, 3.63) is 29.3 Å². The highest BCUT2D eigenvalue weighted by Crippen LogP contribution is 2.55. The van der Waals surface area contributed by atoms with Crippen LogP contribution in [-0.4, -0.2) is 36.1 Å². The molecule has 3 amide bonds. The number of hydrogen-bond donors (Lipinski definition) is 3. The Morgan fingerprint density at radius 1 is 1.06 bits per heavy atom. The van der Waals surface area contributed by atoms with Gasteiger partial charge in [-0.3, -0.25) is 9.59 Å². The largest absolute Gasteiger partial charge is 0.452 e. The minimum Gasteiger partial charge on any atom is -0.452 e. The minimum absolute atomic E-state index is 0.0233. The summed E-state index contributed by atoms with van der Waals surface area (Å²) in [7, 11) is 0. The third kappa shape index (κ3) is 5.25. The van der Waals surface area contributed by atoms with Crippen LogP contribution in [0.4, 0.5) is 10.5 Å². The highest BCUT2D eigenvalue weighted by Gasteiger charge is 2.51. The molecule has 1 atom stereocenters. The summed E-state index contributed by atoms with van der Waals surface area (Å²) in [5, 5.41) is 8.81. The third-order valence-corrected chi connectivity index (χ3v) is 7.35. The number of esters is 1. The predicted octanol–water partition coefficient (Wildman–Crippen LogP) is 3.83. The van der Waals surface area contributed by atoms with Crippen LogP contribution in [-0.2, 0) is 14.3 Å². The summed E-state index contributed by atoms with van der Waals surface area (Å²) in [5.41, 5.74) is 2.71.